The summed E-state index contributed by atoms with van der Waals surface area (Å²) >= 11 is 0. The second-order valence-corrected chi connectivity index (χ2v) is 5.49. The Balaban J connectivity index is 2.62. The molecular weight excluding hydrogens is 311 g/mol. The number of nitrogens with zero attached hydrogens (tertiary/aromatic N) is 1. The van der Waals surface area contributed by atoms with Crippen LogP contribution in [-0.2, 0) is 15.8 Å². The fourth-order valence-corrected chi connectivity index (χ4v) is 1.94. The molecule has 0 aliphatic carbocycles. The van der Waals surface area contributed by atoms with E-state index in [1.807, 2.05) is 0 Å². The fourth-order valence-electron chi connectivity index (χ4n) is 1.94. The van der Waals surface area contributed by atoms with E-state index in [2.05, 4.69) is 10.6 Å². The molecule has 1 aromatic rings. The van der Waals surface area contributed by atoms with Gasteiger partial charge in [-0.05, 0) is 33.0 Å². The van der Waals surface area contributed by atoms with Crippen LogP contribution in [0.2, 0.25) is 0 Å². The highest BCUT2D eigenvalue weighted by Gasteiger charge is 2.33. The van der Waals surface area contributed by atoms with Crippen LogP contribution in [-0.4, -0.2) is 42.9 Å². The molecule has 0 saturated carbocycles. The van der Waals surface area contributed by atoms with E-state index in [1.54, 1.807) is 13.8 Å². The molecule has 0 saturated heterocycles. The SMILES string of the molecule is CC(C)NC(=O)CN(C)CC(=O)Nc1ccccc1C(F)(F)F. The normalized spacial score (nSPS) is 11.7. The van der Waals surface area contributed by atoms with Crippen molar-refractivity contribution in [1.82, 2.24) is 10.2 Å². The van der Waals surface area contributed by atoms with Gasteiger partial charge < -0.3 is 10.6 Å². The molecule has 0 bridgehead atoms. The number of alkyl halides is 3. The van der Waals surface area contributed by atoms with Crippen molar-refractivity contribution in [2.75, 3.05) is 25.5 Å². The van der Waals surface area contributed by atoms with E-state index in [0.717, 1.165) is 6.07 Å². The largest absolute Gasteiger partial charge is 0.418 e. The molecule has 0 atom stereocenters. The van der Waals surface area contributed by atoms with E-state index < -0.39 is 17.6 Å². The average molecular weight is 331 g/mol. The molecule has 8 heteroatoms. The van der Waals surface area contributed by atoms with E-state index >= 15 is 0 Å². The van der Waals surface area contributed by atoms with E-state index in [1.165, 1.54) is 30.1 Å². The number of hydrogen-bond donors (Lipinski definition) is 2. The van der Waals surface area contributed by atoms with E-state index in [0.29, 0.717) is 0 Å². The van der Waals surface area contributed by atoms with Crippen molar-refractivity contribution in [3.05, 3.63) is 29.8 Å². The molecule has 2 amide bonds. The van der Waals surface area contributed by atoms with Gasteiger partial charge in [0, 0.05) is 6.04 Å². The van der Waals surface area contributed by atoms with E-state index in [4.69, 9.17) is 0 Å². The number of carbonyl (C=O) groups excluding carboxylic acids is 2. The van der Waals surface area contributed by atoms with Crippen LogP contribution in [0.15, 0.2) is 24.3 Å². The maximum Gasteiger partial charge on any atom is 0.418 e. The molecule has 0 aliphatic heterocycles. The van der Waals surface area contributed by atoms with Gasteiger partial charge in [-0.1, -0.05) is 12.1 Å². The molecule has 0 radical (unpaired) electrons. The summed E-state index contributed by atoms with van der Waals surface area (Å²) in [5.74, 6) is -0.882. The number of nitrogens with one attached hydrogen (secondary N) is 2. The third kappa shape index (κ3) is 6.68. The smallest absolute Gasteiger partial charge is 0.353 e. The lowest BCUT2D eigenvalue weighted by atomic mass is 10.1. The Labute approximate surface area is 132 Å². The molecule has 0 aromatic heterocycles. The van der Waals surface area contributed by atoms with Crippen molar-refractivity contribution in [2.24, 2.45) is 0 Å². The molecule has 1 rings (SSSR count). The number of benzene rings is 1. The number of rotatable bonds is 6. The molecule has 23 heavy (non-hydrogen) atoms. The molecule has 0 fully saturated rings. The number of anilines is 1. The Morgan fingerprint density at radius 3 is 2.26 bits per heavy atom. The monoisotopic (exact) mass is 331 g/mol. The van der Waals surface area contributed by atoms with Crippen LogP contribution in [0.25, 0.3) is 0 Å². The van der Waals surface area contributed by atoms with Gasteiger partial charge in [0.15, 0.2) is 0 Å². The molecular formula is C15H20F3N3O2. The van der Waals surface area contributed by atoms with Gasteiger partial charge in [-0.15, -0.1) is 0 Å². The van der Waals surface area contributed by atoms with Gasteiger partial charge in [0.25, 0.3) is 0 Å². The van der Waals surface area contributed by atoms with Gasteiger partial charge in [-0.25, -0.2) is 0 Å². The molecule has 0 aliphatic rings. The van der Waals surface area contributed by atoms with Gasteiger partial charge in [0.1, 0.15) is 0 Å². The highest BCUT2D eigenvalue weighted by Crippen LogP contribution is 2.34. The van der Waals surface area contributed by atoms with Crippen LogP contribution in [0.5, 0.6) is 0 Å². The predicted molar refractivity (Wildman–Crippen MR) is 80.8 cm³/mol. The molecule has 0 heterocycles. The summed E-state index contributed by atoms with van der Waals surface area (Å²) in [6.07, 6.45) is -4.55. The Bertz CT molecular complexity index is 559. The molecule has 0 unspecified atom stereocenters. The van der Waals surface area contributed by atoms with E-state index in [9.17, 15) is 22.8 Å². The van der Waals surface area contributed by atoms with Crippen molar-refractivity contribution in [1.29, 1.82) is 0 Å². The quantitative estimate of drug-likeness (QED) is 0.839. The number of hydrogen-bond acceptors (Lipinski definition) is 3. The lowest BCUT2D eigenvalue weighted by Gasteiger charge is -2.18. The van der Waals surface area contributed by atoms with Crippen molar-refractivity contribution < 1.29 is 22.8 Å². The van der Waals surface area contributed by atoms with E-state index in [-0.39, 0.29) is 30.7 Å². The number of halogens is 3. The highest BCUT2D eigenvalue weighted by atomic mass is 19.4. The Morgan fingerprint density at radius 1 is 1.13 bits per heavy atom. The Hall–Kier alpha value is -2.09. The van der Waals surface area contributed by atoms with Gasteiger partial charge in [-0.2, -0.15) is 13.2 Å². The summed E-state index contributed by atoms with van der Waals surface area (Å²) < 4.78 is 38.5. The zero-order chi connectivity index (χ0) is 17.6. The Morgan fingerprint density at radius 2 is 1.70 bits per heavy atom. The van der Waals surface area contributed by atoms with Gasteiger partial charge in [0.2, 0.25) is 11.8 Å². The van der Waals surface area contributed by atoms with Crippen LogP contribution in [0.3, 0.4) is 0 Å². The third-order valence-corrected chi connectivity index (χ3v) is 2.78. The highest BCUT2D eigenvalue weighted by molar-refractivity contribution is 5.93. The summed E-state index contributed by atoms with van der Waals surface area (Å²) in [5.41, 5.74) is -1.21. The second-order valence-electron chi connectivity index (χ2n) is 5.49. The summed E-state index contributed by atoms with van der Waals surface area (Å²) in [6.45, 7) is 3.39. The molecule has 5 nitrogen and oxygen atoms in total. The lowest BCUT2D eigenvalue weighted by molar-refractivity contribution is -0.137. The molecule has 128 valence electrons. The topological polar surface area (TPSA) is 61.4 Å². The first-order valence-electron chi connectivity index (χ1n) is 7.03. The number of carbonyl (C=O) groups is 2. The first-order chi connectivity index (χ1) is 10.6. The maximum absolute atomic E-state index is 12.8. The van der Waals surface area contributed by atoms with Crippen molar-refractivity contribution >= 4 is 17.5 Å². The minimum atomic E-state index is -4.55. The van der Waals surface area contributed by atoms with Gasteiger partial charge in [0.05, 0.1) is 24.3 Å². The van der Waals surface area contributed by atoms with Crippen LogP contribution in [0.4, 0.5) is 18.9 Å². The number of para-hydroxylation sites is 1. The minimum absolute atomic E-state index is 0.0213. The maximum atomic E-state index is 12.8. The first kappa shape index (κ1) is 19.0. The Kier molecular flexibility index (Phi) is 6.56. The van der Waals surface area contributed by atoms with Crippen molar-refractivity contribution in [3.8, 4) is 0 Å². The lowest BCUT2D eigenvalue weighted by Crippen LogP contribution is -2.41. The average Bonchev–Trinajstić information content (AvgIpc) is 2.36. The number of amides is 2. The third-order valence-electron chi connectivity index (χ3n) is 2.78. The van der Waals surface area contributed by atoms with Crippen LogP contribution in [0, 0.1) is 0 Å². The van der Waals surface area contributed by atoms with Crippen LogP contribution < -0.4 is 10.6 Å². The standard InChI is InChI=1S/C15H20F3N3O2/c1-10(2)19-13(22)8-21(3)9-14(23)20-12-7-5-4-6-11(12)15(16,17)18/h4-7,10H,8-9H2,1-3H3,(H,19,22)(H,20,23). The predicted octanol–water partition coefficient (Wildman–Crippen LogP) is 2.10. The van der Waals surface area contributed by atoms with Gasteiger partial charge in [-0.3, -0.25) is 14.5 Å². The zero-order valence-corrected chi connectivity index (χ0v) is 13.2. The summed E-state index contributed by atoms with van der Waals surface area (Å²) in [5, 5.41) is 4.89. The van der Waals surface area contributed by atoms with Crippen molar-refractivity contribution in [3.63, 3.8) is 0 Å². The molecule has 0 spiro atoms. The summed E-state index contributed by atoms with van der Waals surface area (Å²) in [6, 6.07) is 4.72. The summed E-state index contributed by atoms with van der Waals surface area (Å²) in [4.78, 5) is 24.8. The second kappa shape index (κ2) is 7.96. The summed E-state index contributed by atoms with van der Waals surface area (Å²) in [7, 11) is 1.54. The fraction of sp³-hybridized carbons (Fsp3) is 0.467. The molecule has 2 N–H and O–H groups in total. The van der Waals surface area contributed by atoms with Crippen molar-refractivity contribution in [2.45, 2.75) is 26.1 Å². The van der Waals surface area contributed by atoms with Gasteiger partial charge >= 0.3 is 6.18 Å². The zero-order valence-electron chi connectivity index (χ0n) is 13.2. The minimum Gasteiger partial charge on any atom is -0.353 e. The van der Waals surface area contributed by atoms with Crippen LogP contribution in [0.1, 0.15) is 19.4 Å². The first-order valence-corrected chi connectivity index (χ1v) is 7.03. The number of likely N-dealkylation sites (N-methyl/N-ethyl adjacent to an activating group) is 1. The van der Waals surface area contributed by atoms with Crippen LogP contribution >= 0.6 is 0 Å². The molecule has 1 aromatic carbocycles.